The Bertz CT molecular complexity index is 2300. The van der Waals surface area contributed by atoms with Gasteiger partial charge in [-0.05, 0) is 33.9 Å². The summed E-state index contributed by atoms with van der Waals surface area (Å²) in [5.74, 6) is -2.77. The average molecular weight is 855 g/mol. The van der Waals surface area contributed by atoms with Gasteiger partial charge in [0, 0.05) is 11.1 Å². The lowest BCUT2D eigenvalue weighted by atomic mass is 10.0. The number of hydrogen-bond acceptors (Lipinski definition) is 12. The zero-order valence-electron chi connectivity index (χ0n) is 30.3. The number of carbonyl (C=O) groups is 4. The molecule has 2 atom stereocenters. The SMILES string of the molecule is Nc1nc(/C(=N\OCC(=O)OC(c2ccccc2)c2ccccc2)C(=O)NC2C(=O)N3C(C(=O)OC(c4ccccc4)c4ccccc4)=C(C=C(Cl)Cl)CS[C@H]23)cs1. The molecule has 0 aliphatic carbocycles. The summed E-state index contributed by atoms with van der Waals surface area (Å²) in [6, 6.07) is 35.7. The lowest BCUT2D eigenvalue weighted by molar-refractivity contribution is -0.154. The number of carbonyl (C=O) groups excluding carboxylic acids is 4. The largest absolute Gasteiger partial charge is 0.450 e. The molecule has 4 aromatic carbocycles. The molecule has 2 amide bonds. The molecule has 7 rings (SSSR count). The zero-order chi connectivity index (χ0) is 40.6. The second-order valence-electron chi connectivity index (χ2n) is 12.8. The van der Waals surface area contributed by atoms with Gasteiger partial charge in [0.25, 0.3) is 11.8 Å². The normalized spacial score (nSPS) is 16.3. The summed E-state index contributed by atoms with van der Waals surface area (Å²) in [6.45, 7) is -0.649. The summed E-state index contributed by atoms with van der Waals surface area (Å²) in [5.41, 5.74) is 8.84. The number of halogens is 2. The summed E-state index contributed by atoms with van der Waals surface area (Å²) >= 11 is 14.4. The van der Waals surface area contributed by atoms with Crippen molar-refractivity contribution in [3.63, 3.8) is 0 Å². The molecule has 0 saturated carbocycles. The highest BCUT2D eigenvalue weighted by Crippen LogP contribution is 2.42. The predicted molar refractivity (Wildman–Crippen MR) is 222 cm³/mol. The number of thiazole rings is 1. The molecule has 5 aromatic rings. The minimum absolute atomic E-state index is 0.0535. The maximum absolute atomic E-state index is 14.1. The van der Waals surface area contributed by atoms with Crippen LogP contribution >= 0.6 is 46.3 Å². The number of allylic oxidation sites excluding steroid dienone is 1. The van der Waals surface area contributed by atoms with E-state index < -0.39 is 54.0 Å². The molecule has 16 heteroatoms. The number of benzene rings is 4. The Morgan fingerprint density at radius 1 is 0.845 bits per heavy atom. The Labute approximate surface area is 351 Å². The number of nitrogen functional groups attached to an aromatic ring is 1. The van der Waals surface area contributed by atoms with Crippen molar-refractivity contribution in [2.24, 2.45) is 5.16 Å². The fourth-order valence-electron chi connectivity index (χ4n) is 6.33. The van der Waals surface area contributed by atoms with Gasteiger partial charge in [0.2, 0.25) is 6.61 Å². The first kappa shape index (κ1) is 40.3. The number of ether oxygens (including phenoxy) is 2. The van der Waals surface area contributed by atoms with Crippen LogP contribution in [0.25, 0.3) is 0 Å². The van der Waals surface area contributed by atoms with E-state index in [1.165, 1.54) is 28.1 Å². The number of β-lactam (4-membered cyclic amide) rings is 1. The molecule has 3 heterocycles. The molecule has 1 saturated heterocycles. The molecule has 12 nitrogen and oxygen atoms in total. The summed E-state index contributed by atoms with van der Waals surface area (Å²) in [4.78, 5) is 65.7. The number of aromatic nitrogens is 1. The Hall–Kier alpha value is -5.93. The van der Waals surface area contributed by atoms with Crippen molar-refractivity contribution in [1.82, 2.24) is 15.2 Å². The van der Waals surface area contributed by atoms with E-state index in [-0.39, 0.29) is 32.5 Å². The molecule has 0 radical (unpaired) electrons. The first-order chi connectivity index (χ1) is 28.2. The van der Waals surface area contributed by atoms with Crippen molar-refractivity contribution in [3.05, 3.63) is 176 Å². The van der Waals surface area contributed by atoms with Gasteiger partial charge >= 0.3 is 11.9 Å². The van der Waals surface area contributed by atoms with Crippen LogP contribution in [0, 0.1) is 0 Å². The Kier molecular flexibility index (Phi) is 12.9. The number of nitrogens with zero attached hydrogens (tertiary/aromatic N) is 3. The molecule has 58 heavy (non-hydrogen) atoms. The van der Waals surface area contributed by atoms with E-state index in [1.807, 2.05) is 121 Å². The van der Waals surface area contributed by atoms with E-state index >= 15 is 0 Å². The number of fused-ring (bicyclic) bond motifs is 1. The summed E-state index contributed by atoms with van der Waals surface area (Å²) in [5, 5.41) is 7.57. The van der Waals surface area contributed by atoms with Crippen molar-refractivity contribution in [2.75, 3.05) is 18.1 Å². The number of nitrogens with two attached hydrogens (primary N) is 1. The number of thioether (sulfide) groups is 1. The summed E-state index contributed by atoms with van der Waals surface area (Å²) in [7, 11) is 0. The third-order valence-corrected chi connectivity index (χ3v) is 11.2. The van der Waals surface area contributed by atoms with Crippen LogP contribution < -0.4 is 11.1 Å². The smallest absolute Gasteiger partial charge is 0.356 e. The molecule has 294 valence electrons. The van der Waals surface area contributed by atoms with Crippen molar-refractivity contribution < 1.29 is 33.5 Å². The standard InChI is InChI=1S/C42H33Cl2N5O7S2/c43-31(44)21-29-23-57-40-34(39(52)49(40)35(29)41(53)56-37(27-17-9-3-10-18-27)28-19-11-4-12-20-28)47-38(51)33(30-24-58-42(45)46-30)48-54-22-32(50)55-36(25-13-5-1-6-14-25)26-15-7-2-8-16-26/h1-21,24,34,36-37,40H,22-23H2,(H2,45,46)(H,47,51)/b48-33+/t34?,40-/m1/s1. The van der Waals surface area contributed by atoms with Crippen LogP contribution in [-0.4, -0.2) is 63.1 Å². The van der Waals surface area contributed by atoms with E-state index in [9.17, 15) is 19.2 Å². The van der Waals surface area contributed by atoms with Gasteiger partial charge < -0.3 is 25.4 Å². The third-order valence-electron chi connectivity index (χ3n) is 8.96. The average Bonchev–Trinajstić information content (AvgIpc) is 3.68. The molecule has 0 spiro atoms. The van der Waals surface area contributed by atoms with Gasteiger partial charge in [-0.25, -0.2) is 14.6 Å². The van der Waals surface area contributed by atoms with Crippen molar-refractivity contribution >= 4 is 80.9 Å². The lowest BCUT2D eigenvalue weighted by Crippen LogP contribution is -2.71. The maximum atomic E-state index is 14.1. The highest BCUT2D eigenvalue weighted by Gasteiger charge is 2.55. The first-order valence-corrected chi connectivity index (χ1v) is 20.4. The number of oxime groups is 1. The van der Waals surface area contributed by atoms with Crippen LogP contribution in [0.5, 0.6) is 0 Å². The van der Waals surface area contributed by atoms with E-state index in [1.54, 1.807) is 0 Å². The van der Waals surface area contributed by atoms with E-state index in [0.29, 0.717) is 16.7 Å². The van der Waals surface area contributed by atoms with Gasteiger partial charge in [-0.2, -0.15) is 0 Å². The fourth-order valence-corrected chi connectivity index (χ4v) is 8.45. The van der Waals surface area contributed by atoms with Gasteiger partial charge in [0.15, 0.2) is 23.1 Å². The molecule has 2 aliphatic rings. The van der Waals surface area contributed by atoms with Gasteiger partial charge in [0.05, 0.1) is 0 Å². The minimum atomic E-state index is -1.10. The highest BCUT2D eigenvalue weighted by molar-refractivity contribution is 8.00. The van der Waals surface area contributed by atoms with Crippen LogP contribution in [0.15, 0.2) is 154 Å². The quantitative estimate of drug-likeness (QED) is 0.0511. The van der Waals surface area contributed by atoms with Crippen LogP contribution in [0.2, 0.25) is 0 Å². The van der Waals surface area contributed by atoms with Gasteiger partial charge in [0.1, 0.15) is 27.3 Å². The fraction of sp³-hybridized carbons (Fsp3) is 0.143. The van der Waals surface area contributed by atoms with Crippen LogP contribution in [0.3, 0.4) is 0 Å². The van der Waals surface area contributed by atoms with E-state index in [2.05, 4.69) is 15.5 Å². The zero-order valence-corrected chi connectivity index (χ0v) is 33.4. The number of hydrogen-bond donors (Lipinski definition) is 2. The van der Waals surface area contributed by atoms with Crippen LogP contribution in [0.4, 0.5) is 5.13 Å². The van der Waals surface area contributed by atoms with Gasteiger partial charge in [-0.1, -0.05) is 150 Å². The topological polar surface area (TPSA) is 163 Å². The first-order valence-electron chi connectivity index (χ1n) is 17.7. The number of rotatable bonds is 14. The van der Waals surface area contributed by atoms with Crippen molar-refractivity contribution in [1.29, 1.82) is 0 Å². The maximum Gasteiger partial charge on any atom is 0.356 e. The molecule has 3 N–H and O–H groups in total. The molecule has 2 aliphatic heterocycles. The molecule has 1 unspecified atom stereocenters. The second kappa shape index (κ2) is 18.6. The highest BCUT2D eigenvalue weighted by atomic mass is 35.5. The van der Waals surface area contributed by atoms with Crippen molar-refractivity contribution in [2.45, 2.75) is 23.6 Å². The van der Waals surface area contributed by atoms with Gasteiger partial charge in [-0.15, -0.1) is 23.1 Å². The Balaban J connectivity index is 1.08. The van der Waals surface area contributed by atoms with Crippen LogP contribution in [0.1, 0.15) is 40.2 Å². The molecule has 1 aromatic heterocycles. The predicted octanol–water partition coefficient (Wildman–Crippen LogP) is 7.08. The monoisotopic (exact) mass is 853 g/mol. The Morgan fingerprint density at radius 3 is 1.84 bits per heavy atom. The minimum Gasteiger partial charge on any atom is -0.450 e. The van der Waals surface area contributed by atoms with E-state index in [0.717, 1.165) is 22.5 Å². The lowest BCUT2D eigenvalue weighted by Gasteiger charge is -2.49. The van der Waals surface area contributed by atoms with E-state index in [4.69, 9.17) is 43.2 Å². The molecule has 1 fully saturated rings. The third kappa shape index (κ3) is 9.27. The number of nitrogens with one attached hydrogen (secondary N) is 1. The number of amides is 2. The second-order valence-corrected chi connectivity index (χ2v) is 15.8. The molecular formula is C42H33Cl2N5O7S2. The van der Waals surface area contributed by atoms with Gasteiger partial charge in [-0.3, -0.25) is 14.5 Å². The summed E-state index contributed by atoms with van der Waals surface area (Å²) in [6.07, 6.45) is -0.133. The number of anilines is 1. The van der Waals surface area contributed by atoms with Crippen LogP contribution in [-0.2, 0) is 33.5 Å². The number of esters is 2. The molecule has 0 bridgehead atoms. The summed E-state index contributed by atoms with van der Waals surface area (Å²) < 4.78 is 11.8. The molecular weight excluding hydrogens is 822 g/mol. The van der Waals surface area contributed by atoms with Crippen molar-refractivity contribution in [3.8, 4) is 0 Å². The Morgan fingerprint density at radius 2 is 1.36 bits per heavy atom.